The highest BCUT2D eigenvalue weighted by Crippen LogP contribution is 2.30. The molecule has 0 radical (unpaired) electrons. The minimum atomic E-state index is -1.49. The second-order valence-electron chi connectivity index (χ2n) is 9.05. The monoisotopic (exact) mass is 626 g/mol. The van der Waals surface area contributed by atoms with Gasteiger partial charge in [0.15, 0.2) is 0 Å². The molecule has 36 heavy (non-hydrogen) atoms. The molecular formula is C25H28FIN4O4S. The van der Waals surface area contributed by atoms with E-state index >= 15 is 0 Å². The molecule has 1 N–H and O–H groups in total. The molecule has 0 atom stereocenters. The van der Waals surface area contributed by atoms with E-state index < -0.39 is 28.5 Å². The van der Waals surface area contributed by atoms with Crippen molar-refractivity contribution in [3.05, 3.63) is 67.4 Å². The first-order valence-electron chi connectivity index (χ1n) is 11.1. The van der Waals surface area contributed by atoms with E-state index in [0.29, 0.717) is 32.8 Å². The first-order chi connectivity index (χ1) is 16.9. The fourth-order valence-corrected chi connectivity index (χ4v) is 5.50. The highest BCUT2D eigenvalue weighted by molar-refractivity contribution is 14.1. The summed E-state index contributed by atoms with van der Waals surface area (Å²) in [6.45, 7) is 12.2. The number of aromatic nitrogens is 2. The van der Waals surface area contributed by atoms with E-state index in [4.69, 9.17) is 4.74 Å². The summed E-state index contributed by atoms with van der Waals surface area (Å²) in [7, 11) is 1.46. The molecule has 192 valence electrons. The number of thiophene rings is 1. The lowest BCUT2D eigenvalue weighted by Gasteiger charge is -2.27. The Hall–Kier alpha value is -2.80. The number of carbonyl (C=O) groups excluding carboxylic acids is 1. The first-order valence-corrected chi connectivity index (χ1v) is 12.9. The Balaban J connectivity index is 2.37. The third kappa shape index (κ3) is 4.90. The number of amides is 1. The topological polar surface area (TPSA) is 94.7 Å². The van der Waals surface area contributed by atoms with Gasteiger partial charge in [-0.15, -0.1) is 11.3 Å². The maximum atomic E-state index is 14.1. The molecule has 1 aromatic carbocycles. The zero-order chi connectivity index (χ0) is 26.9. The Morgan fingerprint density at radius 3 is 2.58 bits per heavy atom. The molecule has 1 amide bonds. The largest absolute Gasteiger partial charge is 0.496 e. The van der Waals surface area contributed by atoms with Gasteiger partial charge in [0.05, 0.1) is 47.6 Å². The van der Waals surface area contributed by atoms with Gasteiger partial charge in [-0.2, -0.15) is 0 Å². The van der Waals surface area contributed by atoms with Gasteiger partial charge in [-0.25, -0.2) is 17.0 Å². The minimum absolute atomic E-state index is 0.0865. The lowest BCUT2D eigenvalue weighted by atomic mass is 10.0. The number of rotatable bonds is 8. The molecule has 0 aliphatic heterocycles. The SMILES string of the molecule is C=Cc1sc2c(c1C)c(=O)n(C(C)(C)C(=O)NC(C)C)c(=O)n2CC(=NI)c1cc(F)ccc1OC. The zero-order valence-electron chi connectivity index (χ0n) is 20.9. The Morgan fingerprint density at radius 1 is 1.36 bits per heavy atom. The molecule has 0 saturated heterocycles. The van der Waals surface area contributed by atoms with Crippen LogP contribution in [0.2, 0.25) is 0 Å². The van der Waals surface area contributed by atoms with Crippen LogP contribution in [0.5, 0.6) is 5.75 Å². The van der Waals surface area contributed by atoms with Crippen LogP contribution in [0.1, 0.15) is 43.7 Å². The molecule has 0 unspecified atom stereocenters. The number of aryl methyl sites for hydroxylation is 1. The van der Waals surface area contributed by atoms with Crippen LogP contribution in [-0.4, -0.2) is 33.9 Å². The molecular weight excluding hydrogens is 598 g/mol. The lowest BCUT2D eigenvalue weighted by Crippen LogP contribution is -2.56. The third-order valence-electron chi connectivity index (χ3n) is 5.85. The fraction of sp³-hybridized carbons (Fsp3) is 0.360. The summed E-state index contributed by atoms with van der Waals surface area (Å²) in [5.41, 5.74) is -1.34. The number of methoxy groups -OCH3 is 1. The maximum absolute atomic E-state index is 14.1. The van der Waals surface area contributed by atoms with Gasteiger partial charge in [-0.3, -0.25) is 14.2 Å². The van der Waals surface area contributed by atoms with E-state index in [0.717, 1.165) is 9.44 Å². The van der Waals surface area contributed by atoms with Gasteiger partial charge < -0.3 is 10.1 Å². The van der Waals surface area contributed by atoms with Crippen LogP contribution in [0, 0.1) is 12.7 Å². The van der Waals surface area contributed by atoms with Crippen LogP contribution < -0.4 is 21.3 Å². The van der Waals surface area contributed by atoms with Crippen molar-refractivity contribution in [2.45, 2.75) is 52.7 Å². The van der Waals surface area contributed by atoms with Crippen LogP contribution in [0.4, 0.5) is 4.39 Å². The molecule has 0 aliphatic rings. The zero-order valence-corrected chi connectivity index (χ0v) is 23.9. The average molecular weight is 626 g/mol. The van der Waals surface area contributed by atoms with Gasteiger partial charge in [0.25, 0.3) is 5.56 Å². The van der Waals surface area contributed by atoms with Crippen molar-refractivity contribution in [1.29, 1.82) is 0 Å². The number of fused-ring (bicyclic) bond motifs is 1. The summed E-state index contributed by atoms with van der Waals surface area (Å²) in [6.07, 6.45) is 1.62. The second-order valence-corrected chi connectivity index (χ2v) is 10.6. The van der Waals surface area contributed by atoms with Crippen molar-refractivity contribution in [2.24, 2.45) is 3.21 Å². The third-order valence-corrected chi connectivity index (χ3v) is 7.74. The number of hydrogen-bond acceptors (Lipinski definition) is 6. The number of nitrogens with one attached hydrogen (secondary N) is 1. The quantitative estimate of drug-likeness (QED) is 0.296. The van der Waals surface area contributed by atoms with E-state index in [1.807, 2.05) is 0 Å². The molecule has 0 bridgehead atoms. The molecule has 3 aromatic rings. The standard InChI is InChI=1S/C25H28FIN4O4S/c1-8-19-14(4)20-21(32)31(25(5,6)23(33)28-13(2)3)24(34)30(22(20)36-19)12-17(29-27)16-11-15(26)9-10-18(16)35-7/h8-11,13H,1,12H2,2-7H3,(H,28,33). The minimum Gasteiger partial charge on any atom is -0.496 e. The van der Waals surface area contributed by atoms with Crippen molar-refractivity contribution < 1.29 is 13.9 Å². The van der Waals surface area contributed by atoms with Crippen molar-refractivity contribution in [3.8, 4) is 5.75 Å². The van der Waals surface area contributed by atoms with Crippen molar-refractivity contribution in [1.82, 2.24) is 14.5 Å². The Labute approximate surface area is 226 Å². The maximum Gasteiger partial charge on any atom is 0.333 e. The first kappa shape index (κ1) is 27.8. The van der Waals surface area contributed by atoms with E-state index in [2.05, 4.69) is 15.1 Å². The van der Waals surface area contributed by atoms with E-state index in [9.17, 15) is 18.8 Å². The summed E-state index contributed by atoms with van der Waals surface area (Å²) < 4.78 is 26.2. The number of nitrogens with zero attached hydrogens (tertiary/aromatic N) is 3. The Kier molecular flexibility index (Phi) is 8.23. The average Bonchev–Trinajstić information content (AvgIpc) is 3.15. The highest BCUT2D eigenvalue weighted by atomic mass is 127. The smallest absolute Gasteiger partial charge is 0.333 e. The molecule has 0 saturated carbocycles. The van der Waals surface area contributed by atoms with Gasteiger partial charge in [-0.1, -0.05) is 12.7 Å². The van der Waals surface area contributed by atoms with Gasteiger partial charge in [-0.05, 0) is 58.4 Å². The Bertz CT molecular complexity index is 1500. The van der Waals surface area contributed by atoms with Gasteiger partial charge in [0.1, 0.15) is 21.9 Å². The van der Waals surface area contributed by atoms with Crippen molar-refractivity contribution in [3.63, 3.8) is 0 Å². The molecule has 3 rings (SSSR count). The Morgan fingerprint density at radius 2 is 2.03 bits per heavy atom. The van der Waals surface area contributed by atoms with Crippen LogP contribution in [0.3, 0.4) is 0 Å². The van der Waals surface area contributed by atoms with Crippen molar-refractivity contribution in [2.75, 3.05) is 7.11 Å². The predicted octanol–water partition coefficient (Wildman–Crippen LogP) is 4.42. The van der Waals surface area contributed by atoms with Crippen LogP contribution in [-0.2, 0) is 16.9 Å². The summed E-state index contributed by atoms with van der Waals surface area (Å²) in [5, 5.41) is 3.11. The normalized spacial score (nSPS) is 12.3. The van der Waals surface area contributed by atoms with Gasteiger partial charge in [0, 0.05) is 16.5 Å². The van der Waals surface area contributed by atoms with Gasteiger partial charge >= 0.3 is 5.69 Å². The molecule has 0 aliphatic carbocycles. The predicted molar refractivity (Wildman–Crippen MR) is 151 cm³/mol. The number of ether oxygens (including phenoxy) is 1. The number of halogens is 2. The van der Waals surface area contributed by atoms with Crippen LogP contribution in [0.25, 0.3) is 16.3 Å². The van der Waals surface area contributed by atoms with Crippen LogP contribution in [0.15, 0.2) is 37.6 Å². The molecule has 8 nitrogen and oxygen atoms in total. The number of hydrogen-bond donors (Lipinski definition) is 1. The molecule has 2 heterocycles. The molecule has 2 aromatic heterocycles. The number of benzene rings is 1. The number of carbonyl (C=O) groups is 1. The molecule has 0 fully saturated rings. The lowest BCUT2D eigenvalue weighted by molar-refractivity contribution is -0.129. The summed E-state index contributed by atoms with van der Waals surface area (Å²) in [6, 6.07) is 3.85. The summed E-state index contributed by atoms with van der Waals surface area (Å²) in [5.74, 6) is -0.567. The van der Waals surface area contributed by atoms with Crippen molar-refractivity contribution >= 4 is 62.1 Å². The second kappa shape index (κ2) is 10.7. The summed E-state index contributed by atoms with van der Waals surface area (Å²) in [4.78, 5) is 41.8. The van der Waals surface area contributed by atoms with E-state index in [1.165, 1.54) is 55.1 Å². The van der Waals surface area contributed by atoms with Crippen LogP contribution >= 0.6 is 34.2 Å². The van der Waals surface area contributed by atoms with E-state index in [1.54, 1.807) is 49.7 Å². The highest BCUT2D eigenvalue weighted by Gasteiger charge is 2.35. The van der Waals surface area contributed by atoms with E-state index in [-0.39, 0.29) is 12.6 Å². The summed E-state index contributed by atoms with van der Waals surface area (Å²) >= 11 is 3.03. The molecule has 11 heteroatoms. The fourth-order valence-electron chi connectivity index (χ4n) is 3.94. The molecule has 0 spiro atoms. The van der Waals surface area contributed by atoms with Gasteiger partial charge in [0.2, 0.25) is 5.91 Å².